The summed E-state index contributed by atoms with van der Waals surface area (Å²) in [4.78, 5) is 0. The van der Waals surface area contributed by atoms with E-state index >= 15 is 0 Å². The van der Waals surface area contributed by atoms with Crippen LogP contribution in [0.2, 0.25) is 0 Å². The van der Waals surface area contributed by atoms with E-state index in [4.69, 9.17) is 10.00 Å². The molecule has 1 aromatic rings. The van der Waals surface area contributed by atoms with Gasteiger partial charge in [0.15, 0.2) is 5.83 Å². The maximum Gasteiger partial charge on any atom is 0.416 e. The van der Waals surface area contributed by atoms with E-state index in [-0.39, 0.29) is 6.10 Å². The standard InChI is InChI=1S/C19H21F4NO/c20-17(12-24)3-1-2-14-6-10-18(11-7-14)25-13-15-4-8-16(9-5-15)19(21,22)23/h3-5,8-9,14,18H,1-2,6-7,10-11,13H2/b17-3-/t14-,18-. The number of hydrogen-bond acceptors (Lipinski definition) is 2. The zero-order valence-electron chi connectivity index (χ0n) is 13.9. The third-order valence-corrected chi connectivity index (χ3v) is 4.57. The molecule has 6 heteroatoms. The SMILES string of the molecule is N#C/C(F)=C/CC[C@H]1CC[C@H](OCc2ccc(C(F)(F)F)cc2)CC1. The van der Waals surface area contributed by atoms with Gasteiger partial charge in [0.05, 0.1) is 18.3 Å². The van der Waals surface area contributed by atoms with Crippen LogP contribution in [0, 0.1) is 17.2 Å². The highest BCUT2D eigenvalue weighted by molar-refractivity contribution is 5.24. The summed E-state index contributed by atoms with van der Waals surface area (Å²) in [5.74, 6) is -0.220. The molecule has 0 amide bonds. The van der Waals surface area contributed by atoms with Crippen molar-refractivity contribution in [3.63, 3.8) is 0 Å². The Balaban J connectivity index is 1.69. The summed E-state index contributed by atoms with van der Waals surface area (Å²) in [5, 5.41) is 8.35. The maximum atomic E-state index is 12.7. The number of hydrogen-bond donors (Lipinski definition) is 0. The molecule has 0 heterocycles. The molecule has 0 bridgehead atoms. The number of nitrogens with zero attached hydrogens (tertiary/aromatic N) is 1. The molecule has 0 radical (unpaired) electrons. The number of benzene rings is 1. The second-order valence-electron chi connectivity index (χ2n) is 6.39. The summed E-state index contributed by atoms with van der Waals surface area (Å²) in [7, 11) is 0. The smallest absolute Gasteiger partial charge is 0.374 e. The summed E-state index contributed by atoms with van der Waals surface area (Å²) in [6.07, 6.45) is 2.33. The Morgan fingerprint density at radius 3 is 2.36 bits per heavy atom. The van der Waals surface area contributed by atoms with E-state index in [0.29, 0.717) is 18.9 Å². The fourth-order valence-electron chi connectivity index (χ4n) is 3.08. The number of allylic oxidation sites excluding steroid dienone is 2. The van der Waals surface area contributed by atoms with Crippen molar-refractivity contribution >= 4 is 0 Å². The number of alkyl halides is 3. The molecule has 1 fully saturated rings. The van der Waals surface area contributed by atoms with Gasteiger partial charge >= 0.3 is 6.18 Å². The van der Waals surface area contributed by atoms with Gasteiger partial charge < -0.3 is 4.74 Å². The molecule has 0 aromatic heterocycles. The average Bonchev–Trinajstić information content (AvgIpc) is 2.60. The van der Waals surface area contributed by atoms with Crippen molar-refractivity contribution in [2.45, 2.75) is 57.4 Å². The third-order valence-electron chi connectivity index (χ3n) is 4.57. The van der Waals surface area contributed by atoms with Crippen molar-refractivity contribution in [3.8, 4) is 6.07 Å². The molecule has 25 heavy (non-hydrogen) atoms. The molecular weight excluding hydrogens is 334 g/mol. The molecule has 2 rings (SSSR count). The van der Waals surface area contributed by atoms with Crippen LogP contribution in [0.5, 0.6) is 0 Å². The highest BCUT2D eigenvalue weighted by Gasteiger charge is 2.30. The minimum absolute atomic E-state index is 0.116. The molecule has 1 aromatic carbocycles. The lowest BCUT2D eigenvalue weighted by Crippen LogP contribution is -2.21. The van der Waals surface area contributed by atoms with Gasteiger partial charge in [0, 0.05) is 0 Å². The predicted octanol–water partition coefficient (Wildman–Crippen LogP) is 5.94. The van der Waals surface area contributed by atoms with Crippen LogP contribution < -0.4 is 0 Å². The Labute approximate surface area is 145 Å². The van der Waals surface area contributed by atoms with Crippen LogP contribution >= 0.6 is 0 Å². The molecule has 0 unspecified atom stereocenters. The lowest BCUT2D eigenvalue weighted by Gasteiger charge is -2.28. The Kier molecular flexibility index (Phi) is 7.01. The molecule has 136 valence electrons. The average molecular weight is 355 g/mol. The molecule has 2 nitrogen and oxygen atoms in total. The molecule has 0 saturated heterocycles. The minimum Gasteiger partial charge on any atom is -0.374 e. The van der Waals surface area contributed by atoms with Crippen LogP contribution in [0.3, 0.4) is 0 Å². The van der Waals surface area contributed by atoms with Crippen LogP contribution in [0.1, 0.15) is 49.7 Å². The van der Waals surface area contributed by atoms with E-state index in [1.807, 2.05) is 0 Å². The first-order chi connectivity index (χ1) is 11.9. The normalized spacial score (nSPS) is 21.8. The largest absolute Gasteiger partial charge is 0.416 e. The van der Waals surface area contributed by atoms with Crippen LogP contribution in [0.4, 0.5) is 17.6 Å². The van der Waals surface area contributed by atoms with Crippen molar-refractivity contribution in [2.24, 2.45) is 5.92 Å². The van der Waals surface area contributed by atoms with Gasteiger partial charge in [-0.05, 0) is 68.2 Å². The molecule has 0 N–H and O–H groups in total. The van der Waals surface area contributed by atoms with Gasteiger partial charge in [-0.2, -0.15) is 22.8 Å². The highest BCUT2D eigenvalue weighted by atomic mass is 19.4. The van der Waals surface area contributed by atoms with Crippen molar-refractivity contribution in [3.05, 3.63) is 47.3 Å². The van der Waals surface area contributed by atoms with Gasteiger partial charge in [0.2, 0.25) is 0 Å². The van der Waals surface area contributed by atoms with Crippen molar-refractivity contribution in [1.82, 2.24) is 0 Å². The maximum absolute atomic E-state index is 12.7. The van der Waals surface area contributed by atoms with E-state index in [1.54, 1.807) is 0 Å². The van der Waals surface area contributed by atoms with Gasteiger partial charge in [-0.3, -0.25) is 0 Å². The van der Waals surface area contributed by atoms with Crippen molar-refractivity contribution < 1.29 is 22.3 Å². The van der Waals surface area contributed by atoms with Gasteiger partial charge in [-0.1, -0.05) is 12.1 Å². The number of ether oxygens (including phenoxy) is 1. The number of rotatable bonds is 6. The quantitative estimate of drug-likeness (QED) is 0.467. The molecule has 0 atom stereocenters. The molecule has 0 aliphatic heterocycles. The molecular formula is C19H21F4NO. The number of nitriles is 1. The first-order valence-corrected chi connectivity index (χ1v) is 8.42. The first-order valence-electron chi connectivity index (χ1n) is 8.42. The van der Waals surface area contributed by atoms with Gasteiger partial charge in [-0.25, -0.2) is 0 Å². The predicted molar refractivity (Wildman–Crippen MR) is 86.0 cm³/mol. The second kappa shape index (κ2) is 9.00. The summed E-state index contributed by atoms with van der Waals surface area (Å²) in [6.45, 7) is 0.309. The van der Waals surface area contributed by atoms with E-state index in [2.05, 4.69) is 0 Å². The Hall–Kier alpha value is -1.87. The zero-order valence-corrected chi connectivity index (χ0v) is 13.9. The third kappa shape index (κ3) is 6.50. The molecule has 0 spiro atoms. The van der Waals surface area contributed by atoms with Crippen LogP contribution in [0.15, 0.2) is 36.2 Å². The number of halogens is 4. The lowest BCUT2D eigenvalue weighted by atomic mass is 9.84. The molecule has 1 aliphatic carbocycles. The Morgan fingerprint density at radius 1 is 1.16 bits per heavy atom. The van der Waals surface area contributed by atoms with E-state index < -0.39 is 17.6 Å². The summed E-state index contributed by atoms with van der Waals surface area (Å²) in [6, 6.07) is 6.51. The van der Waals surface area contributed by atoms with Gasteiger partial charge in [0.1, 0.15) is 6.07 Å². The zero-order chi connectivity index (χ0) is 18.3. The fraction of sp³-hybridized carbons (Fsp3) is 0.526. The summed E-state index contributed by atoms with van der Waals surface area (Å²) >= 11 is 0. The molecule has 1 aliphatic rings. The van der Waals surface area contributed by atoms with Gasteiger partial charge in [-0.15, -0.1) is 0 Å². The summed E-state index contributed by atoms with van der Waals surface area (Å²) in [5.41, 5.74) is 0.0749. The van der Waals surface area contributed by atoms with Crippen LogP contribution in [-0.2, 0) is 17.5 Å². The Bertz CT molecular complexity index is 608. The van der Waals surface area contributed by atoms with E-state index in [1.165, 1.54) is 24.3 Å². The van der Waals surface area contributed by atoms with Crippen molar-refractivity contribution in [1.29, 1.82) is 5.26 Å². The van der Waals surface area contributed by atoms with E-state index in [0.717, 1.165) is 49.8 Å². The van der Waals surface area contributed by atoms with Crippen molar-refractivity contribution in [2.75, 3.05) is 0 Å². The van der Waals surface area contributed by atoms with Crippen LogP contribution in [-0.4, -0.2) is 6.10 Å². The summed E-state index contributed by atoms with van der Waals surface area (Å²) < 4.78 is 56.1. The van der Waals surface area contributed by atoms with E-state index in [9.17, 15) is 17.6 Å². The molecule has 1 saturated carbocycles. The highest BCUT2D eigenvalue weighted by Crippen LogP contribution is 2.31. The minimum atomic E-state index is -4.32. The second-order valence-corrected chi connectivity index (χ2v) is 6.39. The Morgan fingerprint density at radius 2 is 1.80 bits per heavy atom. The monoisotopic (exact) mass is 355 g/mol. The lowest BCUT2D eigenvalue weighted by molar-refractivity contribution is -0.137. The first kappa shape index (κ1) is 19.5. The van der Waals surface area contributed by atoms with Crippen LogP contribution in [0.25, 0.3) is 0 Å². The fourth-order valence-corrected chi connectivity index (χ4v) is 3.08. The van der Waals surface area contributed by atoms with Gasteiger partial charge in [0.25, 0.3) is 0 Å². The topological polar surface area (TPSA) is 33.0 Å².